The van der Waals surface area contributed by atoms with Crippen molar-refractivity contribution in [3.8, 4) is 0 Å². The fraction of sp³-hybridized carbons (Fsp3) is 1.00. The van der Waals surface area contributed by atoms with Crippen molar-refractivity contribution in [3.63, 3.8) is 0 Å². The smallest absolute Gasteiger partial charge is 0.0588 e. The number of hydrogen-bond donors (Lipinski definition) is 2. The Morgan fingerprint density at radius 1 is 1.62 bits per heavy atom. The minimum absolute atomic E-state index is 0.512. The van der Waals surface area contributed by atoms with Gasteiger partial charge in [0.25, 0.3) is 0 Å². The molecule has 0 aromatic heterocycles. The van der Waals surface area contributed by atoms with E-state index < -0.39 is 0 Å². The number of ether oxygens (including phenoxy) is 1. The molecule has 0 bridgehead atoms. The summed E-state index contributed by atoms with van der Waals surface area (Å²) in [7, 11) is 0. The highest BCUT2D eigenvalue weighted by Gasteiger charge is 2.14. The fourth-order valence-electron chi connectivity index (χ4n) is 1.71. The summed E-state index contributed by atoms with van der Waals surface area (Å²) >= 11 is 0. The van der Waals surface area contributed by atoms with Gasteiger partial charge in [0, 0.05) is 12.6 Å². The summed E-state index contributed by atoms with van der Waals surface area (Å²) in [5, 5.41) is 3.45. The van der Waals surface area contributed by atoms with Gasteiger partial charge in [0.2, 0.25) is 0 Å². The molecule has 1 fully saturated rings. The molecule has 2 unspecified atom stereocenters. The monoisotopic (exact) mass is 186 g/mol. The van der Waals surface area contributed by atoms with Crippen LogP contribution >= 0.6 is 0 Å². The van der Waals surface area contributed by atoms with Crippen LogP contribution in [0.3, 0.4) is 0 Å². The van der Waals surface area contributed by atoms with Crippen LogP contribution in [-0.4, -0.2) is 31.8 Å². The lowest BCUT2D eigenvalue weighted by molar-refractivity contribution is 0.103. The quantitative estimate of drug-likeness (QED) is 0.647. The molecule has 0 saturated carbocycles. The van der Waals surface area contributed by atoms with Crippen LogP contribution in [-0.2, 0) is 4.74 Å². The molecule has 78 valence electrons. The summed E-state index contributed by atoms with van der Waals surface area (Å²) in [6.45, 7) is 4.98. The van der Waals surface area contributed by atoms with Gasteiger partial charge in [-0.3, -0.25) is 0 Å². The van der Waals surface area contributed by atoms with Gasteiger partial charge in [0.1, 0.15) is 0 Å². The Kier molecular flexibility index (Phi) is 5.35. The van der Waals surface area contributed by atoms with Crippen LogP contribution in [0.5, 0.6) is 0 Å². The zero-order valence-corrected chi connectivity index (χ0v) is 8.59. The third-order valence-electron chi connectivity index (χ3n) is 2.58. The van der Waals surface area contributed by atoms with Gasteiger partial charge in [0.05, 0.1) is 6.10 Å². The maximum atomic E-state index is 5.53. The third kappa shape index (κ3) is 4.60. The van der Waals surface area contributed by atoms with E-state index in [4.69, 9.17) is 10.5 Å². The standard InChI is InChI=1S/C10H22N2O/c1-9(4-6-11)12-7-5-10-3-2-8-13-10/h9-10,12H,2-8,11H2,1H3. The molecule has 3 heteroatoms. The van der Waals surface area contributed by atoms with Crippen LogP contribution in [0.15, 0.2) is 0 Å². The minimum atomic E-state index is 0.512. The minimum Gasteiger partial charge on any atom is -0.378 e. The number of nitrogens with two attached hydrogens (primary N) is 1. The predicted octanol–water partition coefficient (Wildman–Crippen LogP) is 0.882. The van der Waals surface area contributed by atoms with E-state index in [0.717, 1.165) is 32.5 Å². The second-order valence-corrected chi connectivity index (χ2v) is 3.86. The summed E-state index contributed by atoms with van der Waals surface area (Å²) in [5.41, 5.74) is 5.46. The van der Waals surface area contributed by atoms with Gasteiger partial charge in [0.15, 0.2) is 0 Å². The largest absolute Gasteiger partial charge is 0.378 e. The highest BCUT2D eigenvalue weighted by Crippen LogP contribution is 2.14. The van der Waals surface area contributed by atoms with Crippen molar-refractivity contribution in [1.29, 1.82) is 0 Å². The first-order chi connectivity index (χ1) is 6.33. The highest BCUT2D eigenvalue weighted by atomic mass is 16.5. The van der Waals surface area contributed by atoms with Crippen LogP contribution in [0.25, 0.3) is 0 Å². The molecule has 0 spiro atoms. The lowest BCUT2D eigenvalue weighted by Gasteiger charge is -2.14. The SMILES string of the molecule is CC(CCN)NCCC1CCCO1. The molecule has 13 heavy (non-hydrogen) atoms. The molecule has 1 rings (SSSR count). The van der Waals surface area contributed by atoms with Gasteiger partial charge >= 0.3 is 0 Å². The maximum Gasteiger partial charge on any atom is 0.0588 e. The van der Waals surface area contributed by atoms with Crippen molar-refractivity contribution in [3.05, 3.63) is 0 Å². The van der Waals surface area contributed by atoms with E-state index in [-0.39, 0.29) is 0 Å². The molecule has 3 nitrogen and oxygen atoms in total. The summed E-state index contributed by atoms with van der Waals surface area (Å²) in [4.78, 5) is 0. The van der Waals surface area contributed by atoms with E-state index in [0.29, 0.717) is 12.1 Å². The summed E-state index contributed by atoms with van der Waals surface area (Å²) in [6.07, 6.45) is 5.20. The van der Waals surface area contributed by atoms with Gasteiger partial charge in [-0.25, -0.2) is 0 Å². The van der Waals surface area contributed by atoms with Crippen LogP contribution in [0.4, 0.5) is 0 Å². The Labute approximate surface area is 81.0 Å². The molecule has 1 aliphatic rings. The van der Waals surface area contributed by atoms with Crippen molar-refractivity contribution >= 4 is 0 Å². The molecule has 0 radical (unpaired) electrons. The number of rotatable bonds is 6. The average Bonchev–Trinajstić information content (AvgIpc) is 2.57. The highest BCUT2D eigenvalue weighted by molar-refractivity contribution is 4.68. The molecule has 0 amide bonds. The third-order valence-corrected chi connectivity index (χ3v) is 2.58. The molecule has 0 aromatic carbocycles. The van der Waals surface area contributed by atoms with E-state index >= 15 is 0 Å². The van der Waals surface area contributed by atoms with E-state index in [1.807, 2.05) is 0 Å². The Balaban J connectivity index is 1.93. The maximum absolute atomic E-state index is 5.53. The summed E-state index contributed by atoms with van der Waals surface area (Å²) in [6, 6.07) is 0.548. The predicted molar refractivity (Wildman–Crippen MR) is 54.7 cm³/mol. The molecule has 0 aliphatic carbocycles. The molecule has 0 aromatic rings. The molecule has 3 N–H and O–H groups in total. The van der Waals surface area contributed by atoms with Gasteiger partial charge < -0.3 is 15.8 Å². The first kappa shape index (κ1) is 11.0. The Bertz CT molecular complexity index is 124. The van der Waals surface area contributed by atoms with Crippen LogP contribution in [0, 0.1) is 0 Å². The Hall–Kier alpha value is -0.120. The molecule has 1 aliphatic heterocycles. The topological polar surface area (TPSA) is 47.3 Å². The number of nitrogens with one attached hydrogen (secondary N) is 1. The molecule has 2 atom stereocenters. The average molecular weight is 186 g/mol. The molecule has 1 heterocycles. The lowest BCUT2D eigenvalue weighted by atomic mass is 10.1. The molecule has 1 saturated heterocycles. The van der Waals surface area contributed by atoms with E-state index in [2.05, 4.69) is 12.2 Å². The second kappa shape index (κ2) is 6.35. The van der Waals surface area contributed by atoms with E-state index in [1.54, 1.807) is 0 Å². The first-order valence-corrected chi connectivity index (χ1v) is 5.38. The van der Waals surface area contributed by atoms with Gasteiger partial charge in [-0.2, -0.15) is 0 Å². The van der Waals surface area contributed by atoms with Crippen LogP contribution in [0.1, 0.15) is 32.6 Å². The number of hydrogen-bond acceptors (Lipinski definition) is 3. The zero-order valence-electron chi connectivity index (χ0n) is 8.59. The molecular weight excluding hydrogens is 164 g/mol. The molecular formula is C10H22N2O. The lowest BCUT2D eigenvalue weighted by Crippen LogP contribution is -2.30. The van der Waals surface area contributed by atoms with Crippen molar-refractivity contribution in [2.75, 3.05) is 19.7 Å². The van der Waals surface area contributed by atoms with E-state index in [1.165, 1.54) is 12.8 Å². The fourth-order valence-corrected chi connectivity index (χ4v) is 1.71. The van der Waals surface area contributed by atoms with Crippen LogP contribution in [0.2, 0.25) is 0 Å². The Morgan fingerprint density at radius 2 is 2.46 bits per heavy atom. The van der Waals surface area contributed by atoms with Gasteiger partial charge in [-0.05, 0) is 45.7 Å². The first-order valence-electron chi connectivity index (χ1n) is 5.38. The van der Waals surface area contributed by atoms with Crippen molar-refractivity contribution in [2.24, 2.45) is 5.73 Å². The summed E-state index contributed by atoms with van der Waals surface area (Å²) < 4.78 is 5.53. The van der Waals surface area contributed by atoms with Gasteiger partial charge in [-0.15, -0.1) is 0 Å². The van der Waals surface area contributed by atoms with Crippen molar-refractivity contribution < 1.29 is 4.74 Å². The zero-order chi connectivity index (χ0) is 9.52. The van der Waals surface area contributed by atoms with Gasteiger partial charge in [-0.1, -0.05) is 0 Å². The van der Waals surface area contributed by atoms with Crippen LogP contribution < -0.4 is 11.1 Å². The normalized spacial score (nSPS) is 24.9. The Morgan fingerprint density at radius 3 is 3.08 bits per heavy atom. The van der Waals surface area contributed by atoms with Crippen molar-refractivity contribution in [2.45, 2.75) is 44.8 Å². The summed E-state index contributed by atoms with van der Waals surface area (Å²) in [5.74, 6) is 0. The van der Waals surface area contributed by atoms with Crippen molar-refractivity contribution in [1.82, 2.24) is 5.32 Å². The van der Waals surface area contributed by atoms with E-state index in [9.17, 15) is 0 Å². The second-order valence-electron chi connectivity index (χ2n) is 3.86.